The van der Waals surface area contributed by atoms with Gasteiger partial charge in [-0.15, -0.1) is 0 Å². The van der Waals surface area contributed by atoms with Gasteiger partial charge in [-0.2, -0.15) is 0 Å². The molecule has 1 heterocycles. The van der Waals surface area contributed by atoms with Crippen molar-refractivity contribution < 1.29 is 23.8 Å². The monoisotopic (exact) mass is 438 g/mol. The van der Waals surface area contributed by atoms with Crippen molar-refractivity contribution in [2.45, 2.75) is 6.92 Å². The van der Waals surface area contributed by atoms with Crippen LogP contribution in [0.1, 0.15) is 16.1 Å². The van der Waals surface area contributed by atoms with Crippen molar-refractivity contribution in [1.82, 2.24) is 9.97 Å². The summed E-state index contributed by atoms with van der Waals surface area (Å²) in [5, 5.41) is 2.79. The van der Waals surface area contributed by atoms with Crippen molar-refractivity contribution in [3.05, 3.63) is 64.1 Å². The molecule has 1 aromatic heterocycles. The molecule has 0 fully saturated rings. The number of aromatic amines is 1. The largest absolute Gasteiger partial charge is 0.493 e. The summed E-state index contributed by atoms with van der Waals surface area (Å²) in [5.41, 5.74) is 6.80. The lowest BCUT2D eigenvalue weighted by Crippen LogP contribution is -2.20. The Morgan fingerprint density at radius 2 is 1.78 bits per heavy atom. The molecule has 2 amide bonds. The van der Waals surface area contributed by atoms with E-state index in [9.17, 15) is 14.4 Å². The van der Waals surface area contributed by atoms with Crippen LogP contribution in [-0.4, -0.2) is 42.6 Å². The van der Waals surface area contributed by atoms with Gasteiger partial charge in [-0.05, 0) is 31.2 Å². The summed E-state index contributed by atoms with van der Waals surface area (Å²) in [6.07, 6.45) is 0. The van der Waals surface area contributed by atoms with Crippen LogP contribution in [-0.2, 0) is 4.79 Å². The molecule has 3 aromatic rings. The van der Waals surface area contributed by atoms with Crippen LogP contribution in [0.15, 0.2) is 47.3 Å². The van der Waals surface area contributed by atoms with Gasteiger partial charge < -0.3 is 30.2 Å². The molecule has 0 aliphatic heterocycles. The van der Waals surface area contributed by atoms with Crippen molar-refractivity contribution >= 4 is 17.5 Å². The number of carbonyl (C=O) groups excluding carboxylic acids is 2. The zero-order valence-electron chi connectivity index (χ0n) is 17.7. The van der Waals surface area contributed by atoms with E-state index in [1.165, 1.54) is 32.4 Å². The number of anilines is 1. The molecule has 4 N–H and O–H groups in total. The molecule has 10 nitrogen and oxygen atoms in total. The Morgan fingerprint density at radius 3 is 2.38 bits per heavy atom. The molecule has 0 spiro atoms. The van der Waals surface area contributed by atoms with E-state index in [0.29, 0.717) is 22.8 Å². The van der Waals surface area contributed by atoms with Crippen molar-refractivity contribution in [1.29, 1.82) is 0 Å². The molecule has 0 saturated carbocycles. The second-order valence-electron chi connectivity index (χ2n) is 6.74. The first kappa shape index (κ1) is 22.3. The molecule has 10 heteroatoms. The Bertz CT molecular complexity index is 1200. The Morgan fingerprint density at radius 1 is 1.09 bits per heavy atom. The number of nitrogens with two attached hydrogens (primary N) is 1. The summed E-state index contributed by atoms with van der Waals surface area (Å²) in [6.45, 7) is 1.35. The van der Waals surface area contributed by atoms with E-state index in [2.05, 4.69) is 15.3 Å². The Kier molecular flexibility index (Phi) is 6.74. The van der Waals surface area contributed by atoms with Gasteiger partial charge in [-0.3, -0.25) is 14.4 Å². The van der Waals surface area contributed by atoms with Crippen LogP contribution in [0, 0.1) is 6.92 Å². The normalized spacial score (nSPS) is 10.3. The molecule has 0 atom stereocenters. The number of aryl methyl sites for hydroxylation is 1. The molecule has 0 aliphatic rings. The maximum absolute atomic E-state index is 12.9. The maximum atomic E-state index is 12.9. The van der Waals surface area contributed by atoms with E-state index in [-0.39, 0.29) is 35.0 Å². The minimum atomic E-state index is -0.666. The quantitative estimate of drug-likeness (QED) is 0.487. The van der Waals surface area contributed by atoms with Crippen LogP contribution >= 0.6 is 0 Å². The Labute approximate surface area is 183 Å². The summed E-state index contributed by atoms with van der Waals surface area (Å²) in [4.78, 5) is 42.7. The third-order valence-electron chi connectivity index (χ3n) is 4.35. The SMILES string of the molecule is COc1cc(C(=O)Nc2cccc(-c3nc(C)cc(=O)[nH]3)c2)cc(OC)c1OCC(N)=O. The molecule has 0 bridgehead atoms. The highest BCUT2D eigenvalue weighted by molar-refractivity contribution is 6.05. The van der Waals surface area contributed by atoms with Crippen LogP contribution < -0.4 is 30.8 Å². The fourth-order valence-electron chi connectivity index (χ4n) is 2.96. The number of amides is 2. The topological polar surface area (TPSA) is 146 Å². The summed E-state index contributed by atoms with van der Waals surface area (Å²) >= 11 is 0. The zero-order chi connectivity index (χ0) is 23.3. The first-order chi connectivity index (χ1) is 15.3. The lowest BCUT2D eigenvalue weighted by Gasteiger charge is -2.15. The van der Waals surface area contributed by atoms with Crippen LogP contribution in [0.4, 0.5) is 5.69 Å². The summed E-state index contributed by atoms with van der Waals surface area (Å²) < 4.78 is 15.9. The molecule has 32 heavy (non-hydrogen) atoms. The molecule has 0 radical (unpaired) electrons. The molecule has 166 valence electrons. The summed E-state index contributed by atoms with van der Waals surface area (Å²) in [5.74, 6) is -0.157. The van der Waals surface area contributed by atoms with Crippen molar-refractivity contribution in [3.63, 3.8) is 0 Å². The Hall–Kier alpha value is -4.34. The molecule has 2 aromatic carbocycles. The second kappa shape index (κ2) is 9.65. The lowest BCUT2D eigenvalue weighted by atomic mass is 10.1. The van der Waals surface area contributed by atoms with E-state index in [4.69, 9.17) is 19.9 Å². The second-order valence-corrected chi connectivity index (χ2v) is 6.74. The number of aromatic nitrogens is 2. The maximum Gasteiger partial charge on any atom is 0.255 e. The smallest absolute Gasteiger partial charge is 0.255 e. The summed E-state index contributed by atoms with van der Waals surface area (Å²) in [7, 11) is 2.79. The third-order valence-corrected chi connectivity index (χ3v) is 4.35. The third kappa shape index (κ3) is 5.22. The van der Waals surface area contributed by atoms with Gasteiger partial charge in [0.15, 0.2) is 18.1 Å². The number of nitrogens with zero attached hydrogens (tertiary/aromatic N) is 1. The van der Waals surface area contributed by atoms with Crippen LogP contribution in [0.5, 0.6) is 17.2 Å². The van der Waals surface area contributed by atoms with E-state index in [1.807, 2.05) is 0 Å². The van der Waals surface area contributed by atoms with Crippen LogP contribution in [0.3, 0.4) is 0 Å². The standard InChI is InChI=1S/C22H22N4O6/c1-12-7-19(28)26-21(24-12)13-5-4-6-15(8-13)25-22(29)14-9-16(30-2)20(17(10-14)31-3)32-11-18(23)27/h4-10H,11H2,1-3H3,(H2,23,27)(H,25,29)(H,24,26,28). The number of rotatable bonds is 8. The zero-order valence-corrected chi connectivity index (χ0v) is 17.7. The minimum Gasteiger partial charge on any atom is -0.493 e. The van der Waals surface area contributed by atoms with Crippen LogP contribution in [0.25, 0.3) is 11.4 Å². The summed E-state index contributed by atoms with van der Waals surface area (Å²) in [6, 6.07) is 11.2. The number of benzene rings is 2. The van der Waals surface area contributed by atoms with Gasteiger partial charge in [0.05, 0.1) is 14.2 Å². The average molecular weight is 438 g/mol. The van der Waals surface area contributed by atoms with E-state index < -0.39 is 11.8 Å². The van der Waals surface area contributed by atoms with Gasteiger partial charge in [-0.1, -0.05) is 12.1 Å². The number of methoxy groups -OCH3 is 2. The fourth-order valence-corrected chi connectivity index (χ4v) is 2.96. The van der Waals surface area contributed by atoms with Crippen LogP contribution in [0.2, 0.25) is 0 Å². The number of carbonyl (C=O) groups is 2. The first-order valence-electron chi connectivity index (χ1n) is 9.47. The number of ether oxygens (including phenoxy) is 3. The molecule has 3 rings (SSSR count). The van der Waals surface area contributed by atoms with Gasteiger partial charge in [0, 0.05) is 28.6 Å². The first-order valence-corrected chi connectivity index (χ1v) is 9.47. The highest BCUT2D eigenvalue weighted by atomic mass is 16.5. The number of nitrogens with one attached hydrogen (secondary N) is 2. The number of primary amides is 1. The minimum absolute atomic E-state index is 0.154. The molecule has 0 saturated heterocycles. The molecular weight excluding hydrogens is 416 g/mol. The number of hydrogen-bond acceptors (Lipinski definition) is 7. The van der Waals surface area contributed by atoms with E-state index in [1.54, 1.807) is 31.2 Å². The van der Waals surface area contributed by atoms with Gasteiger partial charge in [0.25, 0.3) is 17.4 Å². The van der Waals surface area contributed by atoms with Gasteiger partial charge >= 0.3 is 0 Å². The van der Waals surface area contributed by atoms with E-state index in [0.717, 1.165) is 0 Å². The lowest BCUT2D eigenvalue weighted by molar-refractivity contribution is -0.120. The predicted octanol–water partition coefficient (Wildman–Crippen LogP) is 1.88. The van der Waals surface area contributed by atoms with Crippen molar-refractivity contribution in [2.75, 3.05) is 26.1 Å². The fraction of sp³-hybridized carbons (Fsp3) is 0.182. The molecular formula is C22H22N4O6. The Balaban J connectivity index is 1.88. The van der Waals surface area contributed by atoms with Crippen molar-refractivity contribution in [2.24, 2.45) is 5.73 Å². The van der Waals surface area contributed by atoms with Gasteiger partial charge in [0.2, 0.25) is 5.75 Å². The average Bonchev–Trinajstić information content (AvgIpc) is 2.76. The molecule has 0 aliphatic carbocycles. The van der Waals surface area contributed by atoms with Gasteiger partial charge in [-0.25, -0.2) is 4.98 Å². The van der Waals surface area contributed by atoms with E-state index >= 15 is 0 Å². The van der Waals surface area contributed by atoms with Gasteiger partial charge in [0.1, 0.15) is 5.82 Å². The highest BCUT2D eigenvalue weighted by Crippen LogP contribution is 2.38. The predicted molar refractivity (Wildman–Crippen MR) is 117 cm³/mol. The number of H-pyrrole nitrogens is 1. The number of hydrogen-bond donors (Lipinski definition) is 3. The highest BCUT2D eigenvalue weighted by Gasteiger charge is 2.19. The van der Waals surface area contributed by atoms with Crippen molar-refractivity contribution in [3.8, 4) is 28.6 Å². The molecule has 0 unspecified atom stereocenters.